The lowest BCUT2D eigenvalue weighted by Crippen LogP contribution is -2.01. The molecule has 0 aliphatic heterocycles. The van der Waals surface area contributed by atoms with E-state index in [4.69, 9.17) is 9.11 Å². The van der Waals surface area contributed by atoms with Gasteiger partial charge < -0.3 is 0 Å². The van der Waals surface area contributed by atoms with Crippen molar-refractivity contribution in [2.24, 2.45) is 0 Å². The van der Waals surface area contributed by atoms with E-state index in [9.17, 15) is 16.8 Å². The van der Waals surface area contributed by atoms with Gasteiger partial charge in [-0.15, -0.1) is 0 Å². The van der Waals surface area contributed by atoms with Crippen LogP contribution < -0.4 is 0 Å². The van der Waals surface area contributed by atoms with Crippen LogP contribution in [0.3, 0.4) is 0 Å². The average molecular weight is 344 g/mol. The summed E-state index contributed by atoms with van der Waals surface area (Å²) in [6.45, 7) is 3.46. The van der Waals surface area contributed by atoms with Crippen molar-refractivity contribution >= 4 is 20.2 Å². The monoisotopic (exact) mass is 344 g/mol. The first kappa shape index (κ1) is 18.3. The molecule has 8 heteroatoms. The van der Waals surface area contributed by atoms with Gasteiger partial charge >= 0.3 is 0 Å². The fourth-order valence-corrected chi connectivity index (χ4v) is 2.90. The number of benzene rings is 2. The molecular weight excluding hydrogens is 328 g/mol. The van der Waals surface area contributed by atoms with E-state index in [-0.39, 0.29) is 9.79 Å². The van der Waals surface area contributed by atoms with Gasteiger partial charge in [-0.1, -0.05) is 30.3 Å². The van der Waals surface area contributed by atoms with Gasteiger partial charge in [0.25, 0.3) is 20.2 Å². The van der Waals surface area contributed by atoms with E-state index in [1.54, 1.807) is 44.2 Å². The number of rotatable bonds is 2. The first-order valence-electron chi connectivity index (χ1n) is 6.09. The second-order valence-electron chi connectivity index (χ2n) is 4.46. The highest BCUT2D eigenvalue weighted by Gasteiger charge is 2.12. The molecule has 2 aromatic carbocycles. The molecule has 2 rings (SSSR count). The summed E-state index contributed by atoms with van der Waals surface area (Å²) >= 11 is 0. The van der Waals surface area contributed by atoms with Crippen LogP contribution in [0.2, 0.25) is 0 Å². The van der Waals surface area contributed by atoms with Gasteiger partial charge in [0, 0.05) is 0 Å². The zero-order valence-electron chi connectivity index (χ0n) is 12.0. The van der Waals surface area contributed by atoms with Crippen LogP contribution in [-0.2, 0) is 20.2 Å². The van der Waals surface area contributed by atoms with Gasteiger partial charge in [0.1, 0.15) is 0 Å². The first-order valence-corrected chi connectivity index (χ1v) is 8.97. The fourth-order valence-electron chi connectivity index (χ4n) is 1.60. The Kier molecular flexibility index (Phi) is 5.84. The number of hydrogen-bond acceptors (Lipinski definition) is 4. The van der Waals surface area contributed by atoms with Crippen LogP contribution >= 0.6 is 0 Å². The summed E-state index contributed by atoms with van der Waals surface area (Å²) in [5.74, 6) is 0. The van der Waals surface area contributed by atoms with Gasteiger partial charge in [-0.05, 0) is 43.2 Å². The quantitative estimate of drug-likeness (QED) is 0.810. The molecule has 0 saturated heterocycles. The summed E-state index contributed by atoms with van der Waals surface area (Å²) in [5, 5.41) is 0. The molecule has 0 saturated carbocycles. The highest BCUT2D eigenvalue weighted by atomic mass is 32.2. The van der Waals surface area contributed by atoms with E-state index in [1.807, 2.05) is 0 Å². The van der Waals surface area contributed by atoms with Crippen molar-refractivity contribution in [2.45, 2.75) is 23.6 Å². The van der Waals surface area contributed by atoms with E-state index in [1.165, 1.54) is 18.2 Å². The zero-order valence-corrected chi connectivity index (χ0v) is 13.6. The molecule has 120 valence electrons. The summed E-state index contributed by atoms with van der Waals surface area (Å²) in [6, 6.07) is 12.2. The SMILES string of the molecule is Cc1cccc(S(=O)(=O)O)c1C.O=S(=O)(O)c1ccccc1. The van der Waals surface area contributed by atoms with E-state index >= 15 is 0 Å². The number of aryl methyl sites for hydroxylation is 1. The fraction of sp³-hybridized carbons (Fsp3) is 0.143. The van der Waals surface area contributed by atoms with Crippen molar-refractivity contribution in [1.29, 1.82) is 0 Å². The van der Waals surface area contributed by atoms with Crippen LogP contribution in [0.25, 0.3) is 0 Å². The molecule has 2 N–H and O–H groups in total. The van der Waals surface area contributed by atoms with Crippen molar-refractivity contribution < 1.29 is 25.9 Å². The Hall–Kier alpha value is -1.74. The van der Waals surface area contributed by atoms with Gasteiger partial charge in [0.05, 0.1) is 9.79 Å². The van der Waals surface area contributed by atoms with E-state index < -0.39 is 20.2 Å². The Morgan fingerprint density at radius 2 is 1.27 bits per heavy atom. The summed E-state index contributed by atoms with van der Waals surface area (Å²) in [6.07, 6.45) is 0. The van der Waals surface area contributed by atoms with Gasteiger partial charge in [-0.2, -0.15) is 16.8 Å². The topological polar surface area (TPSA) is 109 Å². The zero-order chi connectivity index (χ0) is 17.0. The average Bonchev–Trinajstić information content (AvgIpc) is 2.41. The lowest BCUT2D eigenvalue weighted by atomic mass is 10.1. The number of hydrogen-bond donors (Lipinski definition) is 2. The smallest absolute Gasteiger partial charge is 0.282 e. The maximum atomic E-state index is 10.8. The van der Waals surface area contributed by atoms with Gasteiger partial charge in [0.15, 0.2) is 0 Å². The maximum absolute atomic E-state index is 10.8. The van der Waals surface area contributed by atoms with Crippen molar-refractivity contribution in [3.05, 3.63) is 59.7 Å². The molecule has 6 nitrogen and oxygen atoms in total. The summed E-state index contributed by atoms with van der Waals surface area (Å²) in [7, 11) is -8.06. The molecule has 22 heavy (non-hydrogen) atoms. The van der Waals surface area contributed by atoms with Crippen LogP contribution in [0.15, 0.2) is 58.3 Å². The van der Waals surface area contributed by atoms with E-state index in [2.05, 4.69) is 0 Å². The molecule has 0 amide bonds. The second-order valence-corrected chi connectivity index (χ2v) is 7.27. The maximum Gasteiger partial charge on any atom is 0.294 e. The Morgan fingerprint density at radius 1 is 0.727 bits per heavy atom. The van der Waals surface area contributed by atoms with Crippen LogP contribution in [-0.4, -0.2) is 25.9 Å². The normalized spacial score (nSPS) is 11.5. The van der Waals surface area contributed by atoms with Crippen molar-refractivity contribution in [2.75, 3.05) is 0 Å². The highest BCUT2D eigenvalue weighted by Crippen LogP contribution is 2.17. The summed E-state index contributed by atoms with van der Waals surface area (Å²) in [5.41, 5.74) is 1.45. The Bertz CT molecular complexity index is 840. The third kappa shape index (κ3) is 5.23. The molecular formula is C14H16O6S2. The molecule has 0 aromatic heterocycles. The van der Waals surface area contributed by atoms with E-state index in [0.29, 0.717) is 5.56 Å². The molecule has 2 aromatic rings. The molecule has 0 bridgehead atoms. The molecule has 0 atom stereocenters. The van der Waals surface area contributed by atoms with Crippen LogP contribution in [0, 0.1) is 13.8 Å². The predicted molar refractivity (Wildman–Crippen MR) is 82.0 cm³/mol. The molecule has 0 aliphatic carbocycles. The second kappa shape index (κ2) is 7.01. The summed E-state index contributed by atoms with van der Waals surface area (Å²) < 4.78 is 59.5. The molecule has 0 radical (unpaired) electrons. The molecule has 0 spiro atoms. The lowest BCUT2D eigenvalue weighted by molar-refractivity contribution is 0.480. The predicted octanol–water partition coefficient (Wildman–Crippen LogP) is 2.48. The van der Waals surface area contributed by atoms with E-state index in [0.717, 1.165) is 5.56 Å². The first-order chi connectivity index (χ1) is 10.0. The Morgan fingerprint density at radius 3 is 1.64 bits per heavy atom. The van der Waals surface area contributed by atoms with Crippen LogP contribution in [0.1, 0.15) is 11.1 Å². The summed E-state index contributed by atoms with van der Waals surface area (Å²) in [4.78, 5) is -0.0856. The third-order valence-electron chi connectivity index (χ3n) is 2.87. The van der Waals surface area contributed by atoms with Crippen LogP contribution in [0.5, 0.6) is 0 Å². The lowest BCUT2D eigenvalue weighted by Gasteiger charge is -2.03. The highest BCUT2D eigenvalue weighted by molar-refractivity contribution is 7.86. The Balaban J connectivity index is 0.000000224. The molecule has 0 heterocycles. The minimum Gasteiger partial charge on any atom is -0.282 e. The van der Waals surface area contributed by atoms with Gasteiger partial charge in [-0.3, -0.25) is 9.11 Å². The van der Waals surface area contributed by atoms with Gasteiger partial charge in [0.2, 0.25) is 0 Å². The van der Waals surface area contributed by atoms with Crippen molar-refractivity contribution in [3.8, 4) is 0 Å². The minimum absolute atomic E-state index is 0.0116. The molecule has 0 fully saturated rings. The van der Waals surface area contributed by atoms with Crippen molar-refractivity contribution in [1.82, 2.24) is 0 Å². The molecule has 0 unspecified atom stereocenters. The molecule has 0 aliphatic rings. The largest absolute Gasteiger partial charge is 0.294 e. The minimum atomic E-state index is -4.06. The van der Waals surface area contributed by atoms with Crippen LogP contribution in [0.4, 0.5) is 0 Å². The standard InChI is InChI=1S/C8H10O3S.C6H6O3S/c1-6-4-3-5-8(7(6)2)12(9,10)11;7-10(8,9)6-4-2-1-3-5-6/h3-5H,1-2H3,(H,9,10,11);1-5H,(H,7,8,9). The third-order valence-corrected chi connectivity index (χ3v) is 4.74. The van der Waals surface area contributed by atoms with Gasteiger partial charge in [-0.25, -0.2) is 0 Å². The Labute approximate surface area is 129 Å². The van der Waals surface area contributed by atoms with Crippen molar-refractivity contribution in [3.63, 3.8) is 0 Å².